The number of aromatic nitrogens is 6. The van der Waals surface area contributed by atoms with Gasteiger partial charge in [-0.2, -0.15) is 0 Å². The Morgan fingerprint density at radius 3 is 1.29 bits per heavy atom. The number of nitrogens with zero attached hydrogens (tertiary/aromatic N) is 16. The van der Waals surface area contributed by atoms with Crippen molar-refractivity contribution in [2.24, 2.45) is 0 Å². The molecule has 13 heterocycles. The number of hydrogen-bond acceptors (Lipinski definition) is 23. The van der Waals surface area contributed by atoms with E-state index in [9.17, 15) is 8.78 Å². The van der Waals surface area contributed by atoms with Crippen molar-refractivity contribution < 1.29 is 27.7 Å². The van der Waals surface area contributed by atoms with Gasteiger partial charge in [-0.15, -0.1) is 34.0 Å². The van der Waals surface area contributed by atoms with Gasteiger partial charge in [0, 0.05) is 187 Å². The Hall–Kier alpha value is -7.04. The molecular weight excluding hydrogens is 1440 g/mol. The van der Waals surface area contributed by atoms with Crippen molar-refractivity contribution in [3.8, 4) is 17.2 Å². The molecule has 3 unspecified atom stereocenters. The molecule has 1 aliphatic carbocycles. The first kappa shape index (κ1) is 78.2. The van der Waals surface area contributed by atoms with Gasteiger partial charge < -0.3 is 48.3 Å². The number of pyridine rings is 3. The second-order valence-corrected chi connectivity index (χ2v) is 34.0. The lowest BCUT2D eigenvalue weighted by Crippen LogP contribution is -2.37. The van der Waals surface area contributed by atoms with E-state index >= 15 is 0 Å². The van der Waals surface area contributed by atoms with Crippen molar-refractivity contribution in [2.75, 3.05) is 205 Å². The van der Waals surface area contributed by atoms with Crippen LogP contribution in [0, 0.1) is 0 Å². The number of thiazole rings is 3. The molecule has 3 atom stereocenters. The molecule has 7 aliphatic heterocycles. The van der Waals surface area contributed by atoms with E-state index in [0.29, 0.717) is 31.1 Å². The molecule has 110 heavy (non-hydrogen) atoms. The minimum atomic E-state index is -2.56. The molecule has 7 saturated heterocycles. The molecule has 1 saturated carbocycles. The standard InChI is InChI=1S/C29H40N6O2S.C28H37F2N5OS.C28H37N5OS/c1-36-26-8-7-23-6-4-10-30-27(23)28(26)34-14-5-13-33(16-17-34)25(9-15-32-11-2-3-12-32)24-22-38-29(31-24)35-18-20-37-21-19-35;1-20(2)27-32-22(18-37-27)23(9-14-33-15-10-28(29,30)19-33)34-12-5-13-35(17-16-34)26-24(36-3)8-7-21-6-4-11-31-25(21)26;1-34-25-10-9-21-6-4-12-29-26(21)27(25)33-16-5-15-32(18-19-33)24(11-17-31-13-2-3-14-31)23-20-35-28(30-23)22-7-8-22/h4,6-8,10,22,25H,2-3,5,9,11-21H2,1H3;4,6-8,11,18,20,23H,5,9-10,12-17,19H2,1-3H3;4,6,9-10,12,20,22,24H,2-3,5,7-8,11,13-19H2,1H3. The van der Waals surface area contributed by atoms with Crippen LogP contribution in [0.4, 0.5) is 31.0 Å². The number of fused-ring (bicyclic) bond motifs is 3. The Morgan fingerprint density at radius 1 is 0.445 bits per heavy atom. The highest BCUT2D eigenvalue weighted by molar-refractivity contribution is 7.13. The van der Waals surface area contributed by atoms with Gasteiger partial charge in [0.1, 0.15) is 34.3 Å². The van der Waals surface area contributed by atoms with Crippen molar-refractivity contribution in [1.29, 1.82) is 0 Å². The van der Waals surface area contributed by atoms with Crippen LogP contribution in [0.1, 0.15) is 154 Å². The largest absolute Gasteiger partial charge is 0.494 e. The van der Waals surface area contributed by atoms with E-state index in [1.54, 1.807) is 44.0 Å². The number of likely N-dealkylation sites (tertiary alicyclic amines) is 3. The molecule has 0 bridgehead atoms. The molecule has 3 aromatic carbocycles. The second-order valence-electron chi connectivity index (χ2n) is 31.4. The molecule has 6 aromatic heterocycles. The first-order valence-electron chi connectivity index (χ1n) is 40.9. The summed E-state index contributed by atoms with van der Waals surface area (Å²) in [5.74, 6) is 1.22. The molecule has 20 nitrogen and oxygen atoms in total. The number of rotatable bonds is 24. The van der Waals surface area contributed by atoms with Gasteiger partial charge in [-0.1, -0.05) is 32.0 Å². The van der Waals surface area contributed by atoms with Gasteiger partial charge in [0.15, 0.2) is 5.13 Å². The van der Waals surface area contributed by atoms with Crippen molar-refractivity contribution >= 4 is 88.9 Å². The fourth-order valence-corrected chi connectivity index (χ4v) is 20.5. The van der Waals surface area contributed by atoms with E-state index < -0.39 is 5.92 Å². The van der Waals surface area contributed by atoms with Crippen molar-refractivity contribution in [3.05, 3.63) is 135 Å². The maximum absolute atomic E-state index is 13.8. The van der Waals surface area contributed by atoms with E-state index in [-0.39, 0.29) is 19.0 Å². The zero-order valence-corrected chi connectivity index (χ0v) is 67.9. The molecule has 8 aliphatic rings. The summed E-state index contributed by atoms with van der Waals surface area (Å²) in [4.78, 5) is 54.5. The molecule has 8 fully saturated rings. The molecule has 0 N–H and O–H groups in total. The summed E-state index contributed by atoms with van der Waals surface area (Å²) in [7, 11) is 5.25. The third-order valence-corrected chi connectivity index (χ3v) is 26.9. The minimum Gasteiger partial charge on any atom is -0.494 e. The van der Waals surface area contributed by atoms with Gasteiger partial charge in [-0.05, 0) is 158 Å². The van der Waals surface area contributed by atoms with Crippen LogP contribution in [0.5, 0.6) is 17.2 Å². The van der Waals surface area contributed by atoms with Crippen LogP contribution < -0.4 is 33.8 Å². The molecule has 9 aromatic rings. The summed E-state index contributed by atoms with van der Waals surface area (Å²) in [5.41, 5.74) is 9.99. The molecule has 0 spiro atoms. The Labute approximate surface area is 661 Å². The summed E-state index contributed by atoms with van der Waals surface area (Å²) in [6.45, 7) is 27.8. The molecule has 0 radical (unpaired) electrons. The third-order valence-electron chi connectivity index (χ3n) is 23.8. The SMILES string of the molecule is COc1ccc2cccnc2c1N1CCCN(C(CCN2CCC(F)(F)C2)c2csc(C(C)C)n2)CC1.COc1ccc2cccnc2c1N1CCCN(C(CCN2CCCC2)c2csc(C3CC3)n2)CC1.COc1ccc2cccnc2c1N1CCCN(C(CCN2CCCC2)c2csc(N3CCOCC3)n2)CC1. The van der Waals surface area contributed by atoms with E-state index in [2.05, 4.69) is 123 Å². The summed E-state index contributed by atoms with van der Waals surface area (Å²) >= 11 is 5.40. The highest BCUT2D eigenvalue weighted by atomic mass is 32.1. The lowest BCUT2D eigenvalue weighted by molar-refractivity contribution is 0.0114. The normalized spacial score (nSPS) is 20.5. The van der Waals surface area contributed by atoms with Crippen LogP contribution >= 0.6 is 34.0 Å². The van der Waals surface area contributed by atoms with E-state index in [1.807, 2.05) is 59.1 Å². The number of ether oxygens (including phenoxy) is 4. The minimum absolute atomic E-state index is 0.0363. The Balaban J connectivity index is 0.000000131. The summed E-state index contributed by atoms with van der Waals surface area (Å²) in [6.07, 6.45) is 19.9. The van der Waals surface area contributed by atoms with Crippen LogP contribution in [-0.2, 0) is 4.74 Å². The number of anilines is 4. The topological polar surface area (TPSA) is 147 Å². The quantitative estimate of drug-likeness (QED) is 0.0564. The fourth-order valence-electron chi connectivity index (χ4n) is 17.7. The maximum atomic E-state index is 13.8. The first-order chi connectivity index (χ1) is 53.9. The van der Waals surface area contributed by atoms with E-state index in [0.717, 1.165) is 227 Å². The lowest BCUT2D eigenvalue weighted by Gasteiger charge is -2.31. The van der Waals surface area contributed by atoms with Crippen molar-refractivity contribution in [2.45, 2.75) is 133 Å². The number of morpholine rings is 1. The third kappa shape index (κ3) is 19.1. The van der Waals surface area contributed by atoms with Crippen molar-refractivity contribution in [1.82, 2.24) is 59.3 Å². The lowest BCUT2D eigenvalue weighted by atomic mass is 10.1. The number of hydrogen-bond donors (Lipinski definition) is 0. The van der Waals surface area contributed by atoms with Gasteiger partial charge in [0.25, 0.3) is 5.92 Å². The Morgan fingerprint density at radius 2 is 0.873 bits per heavy atom. The molecular formula is C85H114F2N16O4S3. The zero-order chi connectivity index (χ0) is 75.3. The Bertz CT molecular complexity index is 4410. The predicted molar refractivity (Wildman–Crippen MR) is 445 cm³/mol. The van der Waals surface area contributed by atoms with Crippen LogP contribution in [0.3, 0.4) is 0 Å². The predicted octanol–water partition coefficient (Wildman–Crippen LogP) is 15.4. The van der Waals surface area contributed by atoms with Gasteiger partial charge in [0.05, 0.1) is 103 Å². The number of methoxy groups -OCH3 is 3. The first-order valence-corrected chi connectivity index (χ1v) is 43.5. The molecule has 17 rings (SSSR count). The number of alkyl halides is 2. The smallest absolute Gasteiger partial charge is 0.261 e. The summed E-state index contributed by atoms with van der Waals surface area (Å²) < 4.78 is 50.6. The molecule has 590 valence electrons. The average molecular weight is 1560 g/mol. The number of halogens is 2. The van der Waals surface area contributed by atoms with Crippen molar-refractivity contribution in [3.63, 3.8) is 0 Å². The number of benzene rings is 3. The maximum Gasteiger partial charge on any atom is 0.261 e. The monoisotopic (exact) mass is 1560 g/mol. The fraction of sp³-hybridized carbons (Fsp3) is 0.576. The van der Waals surface area contributed by atoms with Gasteiger partial charge in [-0.3, -0.25) is 34.6 Å². The second kappa shape index (κ2) is 37.3. The van der Waals surface area contributed by atoms with E-state index in [1.165, 1.54) is 99.5 Å². The Kier molecular flexibility index (Phi) is 26.5. The highest BCUT2D eigenvalue weighted by Crippen LogP contribution is 2.45. The molecule has 0 amide bonds. The summed E-state index contributed by atoms with van der Waals surface area (Å²) in [6, 6.07) is 25.7. The highest BCUT2D eigenvalue weighted by Gasteiger charge is 2.40. The van der Waals surface area contributed by atoms with Gasteiger partial charge in [0.2, 0.25) is 0 Å². The van der Waals surface area contributed by atoms with E-state index in [4.69, 9.17) is 48.9 Å². The van der Waals surface area contributed by atoms with Gasteiger partial charge in [-0.25, -0.2) is 23.7 Å². The average Bonchev–Trinajstić information content (AvgIpc) is 0.867. The van der Waals surface area contributed by atoms with Crippen LogP contribution in [-0.4, -0.2) is 250 Å². The molecule has 25 heteroatoms. The van der Waals surface area contributed by atoms with Gasteiger partial charge >= 0.3 is 0 Å². The summed E-state index contributed by atoms with van der Waals surface area (Å²) in [5, 5.41) is 13.9. The van der Waals surface area contributed by atoms with Crippen LogP contribution in [0.25, 0.3) is 32.7 Å². The van der Waals surface area contributed by atoms with Crippen LogP contribution in [0.15, 0.2) is 108 Å². The van der Waals surface area contributed by atoms with Crippen LogP contribution in [0.2, 0.25) is 0 Å². The zero-order valence-electron chi connectivity index (χ0n) is 65.4.